The van der Waals surface area contributed by atoms with Crippen LogP contribution in [0.5, 0.6) is 0 Å². The fraction of sp³-hybridized carbons (Fsp3) is 0.0476. The SMILES string of the molecule is O=C1C(=Nc2ccc(S(=O)(=O)Nc3ccccn3)cc2)C(Cl)C(=O)c2cccc([N+](=O)[O-])c21. The van der Waals surface area contributed by atoms with Crippen LogP contribution in [-0.2, 0) is 10.0 Å². The smallest absolute Gasteiger partial charge is 0.281 e. The third-order valence-corrected chi connectivity index (χ3v) is 6.51. The maximum Gasteiger partial charge on any atom is 0.281 e. The molecule has 166 valence electrons. The lowest BCUT2D eigenvalue weighted by Crippen LogP contribution is -2.38. The molecule has 0 fully saturated rings. The normalized spacial score (nSPS) is 17.0. The van der Waals surface area contributed by atoms with E-state index in [9.17, 15) is 28.1 Å². The van der Waals surface area contributed by atoms with Gasteiger partial charge in [0.25, 0.3) is 15.7 Å². The number of halogens is 1. The quantitative estimate of drug-likeness (QED) is 0.330. The van der Waals surface area contributed by atoms with E-state index in [4.69, 9.17) is 11.6 Å². The van der Waals surface area contributed by atoms with Crippen LogP contribution >= 0.6 is 11.6 Å². The number of nitro groups is 1. The van der Waals surface area contributed by atoms with Gasteiger partial charge in [0.1, 0.15) is 22.5 Å². The van der Waals surface area contributed by atoms with Crippen molar-refractivity contribution in [2.45, 2.75) is 10.3 Å². The number of nitrogens with zero attached hydrogens (tertiary/aromatic N) is 3. The van der Waals surface area contributed by atoms with Crippen molar-refractivity contribution in [3.8, 4) is 0 Å². The fourth-order valence-corrected chi connectivity index (χ4v) is 4.48. The van der Waals surface area contributed by atoms with Gasteiger partial charge in [0.2, 0.25) is 5.78 Å². The van der Waals surface area contributed by atoms with Crippen molar-refractivity contribution >= 4 is 56.1 Å². The molecule has 1 aromatic heterocycles. The number of pyridine rings is 1. The first-order chi connectivity index (χ1) is 15.7. The summed E-state index contributed by atoms with van der Waals surface area (Å²) in [6.07, 6.45) is 1.44. The van der Waals surface area contributed by atoms with Crippen LogP contribution in [0.4, 0.5) is 17.2 Å². The zero-order valence-electron chi connectivity index (χ0n) is 16.5. The molecule has 3 aromatic rings. The highest BCUT2D eigenvalue weighted by molar-refractivity contribution is 7.92. The first kappa shape index (κ1) is 22.2. The molecule has 1 aliphatic carbocycles. The topological polar surface area (TPSA) is 149 Å². The van der Waals surface area contributed by atoms with Crippen LogP contribution in [0.3, 0.4) is 0 Å². The zero-order chi connectivity index (χ0) is 23.8. The summed E-state index contributed by atoms with van der Waals surface area (Å²) >= 11 is 6.15. The van der Waals surface area contributed by atoms with Gasteiger partial charge in [0.15, 0.2) is 5.78 Å². The van der Waals surface area contributed by atoms with Gasteiger partial charge in [-0.3, -0.25) is 24.4 Å². The van der Waals surface area contributed by atoms with Gasteiger partial charge in [0.05, 0.1) is 15.5 Å². The van der Waals surface area contributed by atoms with E-state index in [1.54, 1.807) is 12.1 Å². The Morgan fingerprint density at radius 1 is 1.03 bits per heavy atom. The molecule has 0 saturated heterocycles. The number of fused-ring (bicyclic) bond motifs is 1. The van der Waals surface area contributed by atoms with E-state index in [2.05, 4.69) is 14.7 Å². The van der Waals surface area contributed by atoms with Crippen LogP contribution in [0.15, 0.2) is 76.7 Å². The molecule has 0 aliphatic heterocycles. The van der Waals surface area contributed by atoms with Gasteiger partial charge in [-0.2, -0.15) is 0 Å². The molecule has 0 bridgehead atoms. The molecule has 10 nitrogen and oxygen atoms in total. The molecule has 0 saturated carbocycles. The lowest BCUT2D eigenvalue weighted by atomic mass is 9.86. The van der Waals surface area contributed by atoms with E-state index >= 15 is 0 Å². The summed E-state index contributed by atoms with van der Waals surface area (Å²) in [5.41, 5.74) is -1.29. The molecule has 0 radical (unpaired) electrons. The summed E-state index contributed by atoms with van der Waals surface area (Å²) < 4.78 is 27.4. The van der Waals surface area contributed by atoms with Gasteiger partial charge < -0.3 is 0 Å². The second-order valence-corrected chi connectivity index (χ2v) is 8.94. The van der Waals surface area contributed by atoms with Crippen molar-refractivity contribution in [1.29, 1.82) is 0 Å². The number of carbonyl (C=O) groups excluding carboxylic acids is 2. The molecule has 1 atom stereocenters. The Morgan fingerprint density at radius 2 is 1.76 bits per heavy atom. The van der Waals surface area contributed by atoms with Gasteiger partial charge in [-0.15, -0.1) is 11.6 Å². The highest BCUT2D eigenvalue weighted by Crippen LogP contribution is 2.31. The van der Waals surface area contributed by atoms with E-state index in [0.717, 1.165) is 6.07 Å². The molecule has 0 spiro atoms. The highest BCUT2D eigenvalue weighted by atomic mass is 35.5. The summed E-state index contributed by atoms with van der Waals surface area (Å²) in [7, 11) is -3.93. The summed E-state index contributed by atoms with van der Waals surface area (Å²) in [5, 5.41) is 9.89. The number of alkyl halides is 1. The molecule has 1 heterocycles. The molecule has 1 N–H and O–H groups in total. The van der Waals surface area contributed by atoms with Crippen LogP contribution in [0.25, 0.3) is 0 Å². The van der Waals surface area contributed by atoms with Crippen molar-refractivity contribution in [1.82, 2.24) is 4.98 Å². The van der Waals surface area contributed by atoms with E-state index < -0.39 is 37.6 Å². The molecule has 33 heavy (non-hydrogen) atoms. The van der Waals surface area contributed by atoms with Crippen LogP contribution in [0.2, 0.25) is 0 Å². The lowest BCUT2D eigenvalue weighted by Gasteiger charge is -2.19. The predicted molar refractivity (Wildman–Crippen MR) is 120 cm³/mol. The molecule has 2 aromatic carbocycles. The number of anilines is 1. The Kier molecular flexibility index (Phi) is 5.75. The second-order valence-electron chi connectivity index (χ2n) is 6.82. The molecule has 0 amide bonds. The van der Waals surface area contributed by atoms with Crippen molar-refractivity contribution in [2.75, 3.05) is 4.72 Å². The first-order valence-corrected chi connectivity index (χ1v) is 11.2. The number of aromatic nitrogens is 1. The van der Waals surface area contributed by atoms with Crippen LogP contribution in [-0.4, -0.2) is 41.0 Å². The number of nitrogens with one attached hydrogen (secondary N) is 1. The van der Waals surface area contributed by atoms with Crippen molar-refractivity contribution in [3.05, 3.63) is 88.1 Å². The number of aliphatic imine (C=N–C) groups is 1. The minimum absolute atomic E-state index is 0.0912. The monoisotopic (exact) mass is 484 g/mol. The highest BCUT2D eigenvalue weighted by Gasteiger charge is 2.41. The Labute approximate surface area is 192 Å². The maximum atomic E-state index is 12.9. The Hall–Kier alpha value is -3.96. The zero-order valence-corrected chi connectivity index (χ0v) is 18.1. The third kappa shape index (κ3) is 4.23. The van der Waals surface area contributed by atoms with Crippen molar-refractivity contribution < 1.29 is 22.9 Å². The van der Waals surface area contributed by atoms with Gasteiger partial charge in [-0.05, 0) is 36.4 Å². The number of ketones is 2. The summed E-state index contributed by atoms with van der Waals surface area (Å²) in [5.74, 6) is -1.39. The van der Waals surface area contributed by atoms with Gasteiger partial charge in [-0.1, -0.05) is 18.2 Å². The Bertz CT molecular complexity index is 1420. The Balaban J connectivity index is 1.68. The number of nitro benzene ring substituents is 1. The standard InChI is InChI=1S/C21H13ClN4O6S/c22-18-19(21(28)17-14(20(18)27)4-3-5-15(17)26(29)30)24-12-7-9-13(10-8-12)33(31,32)25-16-6-1-2-11-23-16/h1-11,18H,(H,23,25). The molecular formula is C21H13ClN4O6S. The number of sulfonamides is 1. The number of Topliss-reactive ketones (excluding diaryl/α,β-unsaturated/α-hetero) is 2. The molecule has 12 heteroatoms. The van der Waals surface area contributed by atoms with Crippen molar-refractivity contribution in [2.24, 2.45) is 4.99 Å². The third-order valence-electron chi connectivity index (χ3n) is 4.73. The maximum absolute atomic E-state index is 12.9. The largest absolute Gasteiger partial charge is 0.292 e. The van der Waals surface area contributed by atoms with Gasteiger partial charge >= 0.3 is 0 Å². The fourth-order valence-electron chi connectivity index (χ4n) is 3.21. The average molecular weight is 485 g/mol. The number of hydrogen-bond donors (Lipinski definition) is 1. The van der Waals surface area contributed by atoms with Gasteiger partial charge in [0, 0.05) is 17.8 Å². The molecule has 1 aliphatic rings. The minimum Gasteiger partial charge on any atom is -0.292 e. The summed E-state index contributed by atoms with van der Waals surface area (Å²) in [6, 6.07) is 13.6. The lowest BCUT2D eigenvalue weighted by molar-refractivity contribution is -0.385. The second kappa shape index (κ2) is 8.52. The van der Waals surface area contributed by atoms with E-state index in [1.807, 2.05) is 0 Å². The molecule has 1 unspecified atom stereocenters. The van der Waals surface area contributed by atoms with E-state index in [0.29, 0.717) is 0 Å². The van der Waals surface area contributed by atoms with Crippen LogP contribution in [0.1, 0.15) is 20.7 Å². The van der Waals surface area contributed by atoms with Crippen LogP contribution < -0.4 is 4.72 Å². The van der Waals surface area contributed by atoms with Crippen molar-refractivity contribution in [3.63, 3.8) is 0 Å². The van der Waals surface area contributed by atoms with E-state index in [1.165, 1.54) is 48.7 Å². The Morgan fingerprint density at radius 3 is 2.39 bits per heavy atom. The molecule has 4 rings (SSSR count). The van der Waals surface area contributed by atoms with Gasteiger partial charge in [-0.25, -0.2) is 18.4 Å². The first-order valence-electron chi connectivity index (χ1n) is 9.32. The summed E-state index contributed by atoms with van der Waals surface area (Å²) in [6.45, 7) is 0. The number of carbonyl (C=O) groups is 2. The molecular weight excluding hydrogens is 472 g/mol. The van der Waals surface area contributed by atoms with E-state index in [-0.39, 0.29) is 33.2 Å². The predicted octanol–water partition coefficient (Wildman–Crippen LogP) is 3.55. The number of benzene rings is 2. The number of rotatable bonds is 5. The number of hydrogen-bond acceptors (Lipinski definition) is 8. The summed E-state index contributed by atoms with van der Waals surface area (Å²) in [4.78, 5) is 44.1. The minimum atomic E-state index is -3.93. The average Bonchev–Trinajstić information content (AvgIpc) is 2.80. The van der Waals surface area contributed by atoms with Crippen LogP contribution in [0, 0.1) is 10.1 Å².